The zero-order chi connectivity index (χ0) is 15.1. The monoisotopic (exact) mass is 291 g/mol. The Morgan fingerprint density at radius 2 is 1.30 bits per heavy atom. The van der Waals surface area contributed by atoms with E-state index in [4.69, 9.17) is 18.9 Å². The first-order valence-corrected chi connectivity index (χ1v) is 7.18. The molecule has 0 aliphatic rings. The number of hydrogen-bond acceptors (Lipinski definition) is 5. The molecule has 0 spiro atoms. The molecule has 1 N–H and O–H groups in total. The highest BCUT2D eigenvalue weighted by Gasteiger charge is 1.97. The summed E-state index contributed by atoms with van der Waals surface area (Å²) in [6.45, 7) is 8.38. The van der Waals surface area contributed by atoms with Crippen molar-refractivity contribution in [2.45, 2.75) is 20.3 Å². The highest BCUT2D eigenvalue weighted by Crippen LogP contribution is 1.98. The van der Waals surface area contributed by atoms with E-state index in [1.54, 1.807) is 7.05 Å². The van der Waals surface area contributed by atoms with Crippen LogP contribution in [0, 0.1) is 5.92 Å². The standard InChI is InChI=1S/C14H29NO5/c1-13(2)4-5-17-6-7-18-8-9-19-10-11-20-12-14(16)15-3/h13H,4-12H2,1-3H3,(H,15,16). The van der Waals surface area contributed by atoms with Crippen LogP contribution in [0.3, 0.4) is 0 Å². The molecule has 0 bridgehead atoms. The lowest BCUT2D eigenvalue weighted by atomic mass is 10.1. The summed E-state index contributed by atoms with van der Waals surface area (Å²) in [5.41, 5.74) is 0. The first-order chi connectivity index (χ1) is 9.66. The van der Waals surface area contributed by atoms with E-state index in [1.807, 2.05) is 0 Å². The molecule has 1 amide bonds. The van der Waals surface area contributed by atoms with Crippen LogP contribution >= 0.6 is 0 Å². The highest BCUT2D eigenvalue weighted by molar-refractivity contribution is 5.76. The van der Waals surface area contributed by atoms with Gasteiger partial charge in [-0.15, -0.1) is 0 Å². The molecule has 0 aliphatic carbocycles. The highest BCUT2D eigenvalue weighted by atomic mass is 16.6. The van der Waals surface area contributed by atoms with E-state index >= 15 is 0 Å². The minimum Gasteiger partial charge on any atom is -0.379 e. The summed E-state index contributed by atoms with van der Waals surface area (Å²) in [6, 6.07) is 0. The van der Waals surface area contributed by atoms with Gasteiger partial charge in [0.15, 0.2) is 0 Å². The Bertz CT molecular complexity index is 224. The van der Waals surface area contributed by atoms with Crippen molar-refractivity contribution in [1.29, 1.82) is 0 Å². The van der Waals surface area contributed by atoms with Gasteiger partial charge in [-0.2, -0.15) is 0 Å². The van der Waals surface area contributed by atoms with Gasteiger partial charge in [0.2, 0.25) is 5.91 Å². The normalized spacial score (nSPS) is 11.0. The van der Waals surface area contributed by atoms with Crippen molar-refractivity contribution < 1.29 is 23.7 Å². The first-order valence-electron chi connectivity index (χ1n) is 7.18. The average Bonchev–Trinajstić information content (AvgIpc) is 2.43. The lowest BCUT2D eigenvalue weighted by molar-refractivity contribution is -0.125. The maximum Gasteiger partial charge on any atom is 0.245 e. The van der Waals surface area contributed by atoms with Crippen molar-refractivity contribution in [2.24, 2.45) is 5.92 Å². The molecule has 0 aromatic rings. The van der Waals surface area contributed by atoms with Crippen molar-refractivity contribution in [3.05, 3.63) is 0 Å². The summed E-state index contributed by atoms with van der Waals surface area (Å²) in [6.07, 6.45) is 1.08. The third-order valence-corrected chi connectivity index (χ3v) is 2.47. The van der Waals surface area contributed by atoms with Gasteiger partial charge in [0.25, 0.3) is 0 Å². The van der Waals surface area contributed by atoms with Gasteiger partial charge in [0.1, 0.15) is 6.61 Å². The number of ether oxygens (including phenoxy) is 4. The molecule has 0 fully saturated rings. The number of hydrogen-bond donors (Lipinski definition) is 1. The molecule has 6 nitrogen and oxygen atoms in total. The Morgan fingerprint density at radius 3 is 1.75 bits per heavy atom. The van der Waals surface area contributed by atoms with Crippen molar-refractivity contribution in [2.75, 3.05) is 59.9 Å². The van der Waals surface area contributed by atoms with Crippen molar-refractivity contribution in [3.8, 4) is 0 Å². The van der Waals surface area contributed by atoms with Crippen LogP contribution in [0.1, 0.15) is 20.3 Å². The van der Waals surface area contributed by atoms with Gasteiger partial charge in [-0.1, -0.05) is 13.8 Å². The average molecular weight is 291 g/mol. The number of carbonyl (C=O) groups is 1. The van der Waals surface area contributed by atoms with E-state index in [-0.39, 0.29) is 12.5 Å². The molecule has 0 rings (SSSR count). The summed E-state index contributed by atoms with van der Waals surface area (Å²) in [5, 5.41) is 2.47. The Hall–Kier alpha value is -0.690. The molecule has 0 atom stereocenters. The summed E-state index contributed by atoms with van der Waals surface area (Å²) in [4.78, 5) is 10.8. The van der Waals surface area contributed by atoms with Crippen LogP contribution in [0.5, 0.6) is 0 Å². The van der Waals surface area contributed by atoms with Gasteiger partial charge in [-0.05, 0) is 12.3 Å². The molecular formula is C14H29NO5. The molecule has 0 heterocycles. The van der Waals surface area contributed by atoms with E-state index in [9.17, 15) is 4.79 Å². The van der Waals surface area contributed by atoms with Gasteiger partial charge < -0.3 is 24.3 Å². The number of nitrogens with one attached hydrogen (secondary N) is 1. The molecule has 6 heteroatoms. The summed E-state index contributed by atoms with van der Waals surface area (Å²) < 4.78 is 21.1. The van der Waals surface area contributed by atoms with Crippen molar-refractivity contribution in [3.63, 3.8) is 0 Å². The molecule has 0 saturated heterocycles. The molecule has 0 aliphatic heterocycles. The second kappa shape index (κ2) is 14.7. The summed E-state index contributed by atoms with van der Waals surface area (Å²) >= 11 is 0. The lowest BCUT2D eigenvalue weighted by Crippen LogP contribution is -2.24. The quantitative estimate of drug-likeness (QED) is 0.481. The second-order valence-electron chi connectivity index (χ2n) is 4.75. The van der Waals surface area contributed by atoms with Gasteiger partial charge in [0.05, 0.1) is 39.6 Å². The Morgan fingerprint density at radius 1 is 0.850 bits per heavy atom. The molecule has 0 unspecified atom stereocenters. The lowest BCUT2D eigenvalue weighted by Gasteiger charge is -2.08. The minimum atomic E-state index is -0.134. The summed E-state index contributed by atoms with van der Waals surface area (Å²) in [7, 11) is 1.58. The third-order valence-electron chi connectivity index (χ3n) is 2.47. The van der Waals surface area contributed by atoms with Crippen molar-refractivity contribution in [1.82, 2.24) is 5.32 Å². The number of likely N-dealkylation sites (N-methyl/N-ethyl adjacent to an activating group) is 1. The molecule has 0 saturated carbocycles. The Kier molecular flexibility index (Phi) is 14.2. The van der Waals surface area contributed by atoms with Crippen molar-refractivity contribution >= 4 is 5.91 Å². The smallest absolute Gasteiger partial charge is 0.245 e. The van der Waals surface area contributed by atoms with Crippen LogP contribution in [0.2, 0.25) is 0 Å². The Labute approximate surface area is 122 Å². The predicted octanol–water partition coefficient (Wildman–Crippen LogP) is 0.845. The second-order valence-corrected chi connectivity index (χ2v) is 4.75. The largest absolute Gasteiger partial charge is 0.379 e. The van der Waals surface area contributed by atoms with Crippen LogP contribution in [-0.2, 0) is 23.7 Å². The van der Waals surface area contributed by atoms with Gasteiger partial charge in [0, 0.05) is 13.7 Å². The van der Waals surface area contributed by atoms with E-state index in [0.717, 1.165) is 13.0 Å². The SMILES string of the molecule is CNC(=O)COCCOCCOCCOCCC(C)C. The molecule has 120 valence electrons. The number of amides is 1. The molecular weight excluding hydrogens is 262 g/mol. The summed E-state index contributed by atoms with van der Waals surface area (Å²) in [5.74, 6) is 0.542. The Balaban J connectivity index is 3.01. The number of rotatable bonds is 14. The molecule has 20 heavy (non-hydrogen) atoms. The minimum absolute atomic E-state index is 0.0735. The molecule has 0 radical (unpaired) electrons. The van der Waals surface area contributed by atoms with Crippen LogP contribution in [-0.4, -0.2) is 65.8 Å². The topological polar surface area (TPSA) is 66.0 Å². The van der Waals surface area contributed by atoms with Crippen LogP contribution in [0.15, 0.2) is 0 Å². The zero-order valence-electron chi connectivity index (χ0n) is 13.0. The van der Waals surface area contributed by atoms with E-state index in [2.05, 4.69) is 19.2 Å². The fourth-order valence-electron chi connectivity index (χ4n) is 1.22. The predicted molar refractivity (Wildman–Crippen MR) is 76.8 cm³/mol. The van der Waals surface area contributed by atoms with Gasteiger partial charge in [-0.25, -0.2) is 0 Å². The van der Waals surface area contributed by atoms with E-state index in [0.29, 0.717) is 45.6 Å². The van der Waals surface area contributed by atoms with E-state index < -0.39 is 0 Å². The molecule has 0 aromatic heterocycles. The fraction of sp³-hybridized carbons (Fsp3) is 0.929. The van der Waals surface area contributed by atoms with Gasteiger partial charge in [-0.3, -0.25) is 4.79 Å². The maximum atomic E-state index is 10.8. The number of carbonyl (C=O) groups excluding carboxylic acids is 1. The fourth-order valence-corrected chi connectivity index (χ4v) is 1.22. The molecule has 0 aromatic carbocycles. The third kappa shape index (κ3) is 15.4. The maximum absolute atomic E-state index is 10.8. The van der Waals surface area contributed by atoms with Crippen LogP contribution < -0.4 is 5.32 Å². The first kappa shape index (κ1) is 19.3. The van der Waals surface area contributed by atoms with Crippen LogP contribution in [0.4, 0.5) is 0 Å². The van der Waals surface area contributed by atoms with Gasteiger partial charge >= 0.3 is 0 Å². The van der Waals surface area contributed by atoms with Crippen LogP contribution in [0.25, 0.3) is 0 Å². The van der Waals surface area contributed by atoms with E-state index in [1.165, 1.54) is 0 Å². The zero-order valence-corrected chi connectivity index (χ0v) is 13.0.